The number of methoxy groups -OCH3 is 1. The van der Waals surface area contributed by atoms with Gasteiger partial charge in [0.05, 0.1) is 20.3 Å². The second-order valence-corrected chi connectivity index (χ2v) is 4.63. The maximum Gasteiger partial charge on any atom is 0.275 e. The van der Waals surface area contributed by atoms with Crippen LogP contribution >= 0.6 is 0 Å². The van der Waals surface area contributed by atoms with Crippen LogP contribution in [-0.2, 0) is 16.1 Å². The number of rotatable bonds is 5. The van der Waals surface area contributed by atoms with E-state index in [1.807, 2.05) is 24.3 Å². The maximum absolute atomic E-state index is 11.9. The molecular weight excluding hydrogens is 244 g/mol. The second-order valence-electron chi connectivity index (χ2n) is 4.63. The Kier molecular flexibility index (Phi) is 5.18. The van der Waals surface area contributed by atoms with Crippen molar-refractivity contribution in [2.75, 3.05) is 40.0 Å². The molecule has 1 aliphatic heterocycles. The van der Waals surface area contributed by atoms with Crippen LogP contribution in [0, 0.1) is 0 Å². The van der Waals surface area contributed by atoms with Crippen LogP contribution in [0.2, 0.25) is 0 Å². The molecule has 0 unspecified atom stereocenters. The summed E-state index contributed by atoms with van der Waals surface area (Å²) < 4.78 is 10.5. The highest BCUT2D eigenvalue weighted by molar-refractivity contribution is 5.76. The quantitative estimate of drug-likeness (QED) is 0.735. The minimum absolute atomic E-state index is 0.0720. The van der Waals surface area contributed by atoms with Gasteiger partial charge in [-0.3, -0.25) is 4.79 Å². The van der Waals surface area contributed by atoms with Crippen molar-refractivity contribution in [3.63, 3.8) is 0 Å². The van der Waals surface area contributed by atoms with Gasteiger partial charge in [0.2, 0.25) is 0 Å². The molecule has 5 nitrogen and oxygen atoms in total. The SMILES string of the molecule is COc1ccccc1CNC(=O)C[NH+]1CCOCC1. The standard InChI is InChI=1S/C14H20N2O3/c1-18-13-5-3-2-4-12(13)10-15-14(17)11-16-6-8-19-9-7-16/h2-5H,6-11H2,1H3,(H,15,17)/p+1. The van der Waals surface area contributed by atoms with Crippen LogP contribution in [0.3, 0.4) is 0 Å². The van der Waals surface area contributed by atoms with Gasteiger partial charge in [-0.05, 0) is 6.07 Å². The van der Waals surface area contributed by atoms with Crippen LogP contribution in [0.5, 0.6) is 5.75 Å². The topological polar surface area (TPSA) is 52.0 Å². The van der Waals surface area contributed by atoms with E-state index in [4.69, 9.17) is 9.47 Å². The van der Waals surface area contributed by atoms with Crippen LogP contribution < -0.4 is 15.0 Å². The van der Waals surface area contributed by atoms with Gasteiger partial charge >= 0.3 is 0 Å². The number of para-hydroxylation sites is 1. The highest BCUT2D eigenvalue weighted by Crippen LogP contribution is 2.16. The summed E-state index contributed by atoms with van der Waals surface area (Å²) in [5.41, 5.74) is 0.996. The van der Waals surface area contributed by atoms with Crippen LogP contribution in [0.4, 0.5) is 0 Å². The molecule has 1 aromatic rings. The third-order valence-corrected chi connectivity index (χ3v) is 3.28. The van der Waals surface area contributed by atoms with Crippen molar-refractivity contribution in [3.05, 3.63) is 29.8 Å². The minimum atomic E-state index is 0.0720. The fourth-order valence-corrected chi connectivity index (χ4v) is 2.17. The summed E-state index contributed by atoms with van der Waals surface area (Å²) in [5, 5.41) is 2.94. The number of nitrogens with one attached hydrogen (secondary N) is 2. The van der Waals surface area contributed by atoms with E-state index in [0.717, 1.165) is 37.6 Å². The smallest absolute Gasteiger partial charge is 0.275 e. The van der Waals surface area contributed by atoms with E-state index in [-0.39, 0.29) is 5.91 Å². The van der Waals surface area contributed by atoms with E-state index in [1.54, 1.807) is 7.11 Å². The average Bonchev–Trinajstić information content (AvgIpc) is 2.46. The molecular formula is C14H21N2O3+. The number of carbonyl (C=O) groups excluding carboxylic acids is 1. The Morgan fingerprint density at radius 3 is 2.84 bits per heavy atom. The van der Waals surface area contributed by atoms with Crippen molar-refractivity contribution in [2.45, 2.75) is 6.54 Å². The molecule has 0 saturated carbocycles. The van der Waals surface area contributed by atoms with Gasteiger partial charge in [0.1, 0.15) is 18.8 Å². The first kappa shape index (κ1) is 13.8. The molecule has 0 bridgehead atoms. The van der Waals surface area contributed by atoms with E-state index >= 15 is 0 Å². The molecule has 1 amide bonds. The first-order valence-corrected chi connectivity index (χ1v) is 6.59. The number of ether oxygens (including phenoxy) is 2. The summed E-state index contributed by atoms with van der Waals surface area (Å²) in [4.78, 5) is 13.2. The molecule has 0 atom stereocenters. The zero-order chi connectivity index (χ0) is 13.5. The molecule has 1 fully saturated rings. The fourth-order valence-electron chi connectivity index (χ4n) is 2.17. The minimum Gasteiger partial charge on any atom is -0.496 e. The summed E-state index contributed by atoms with van der Waals surface area (Å²) >= 11 is 0. The number of benzene rings is 1. The van der Waals surface area contributed by atoms with E-state index in [2.05, 4.69) is 5.32 Å². The Balaban J connectivity index is 1.79. The van der Waals surface area contributed by atoms with Gasteiger partial charge in [0.15, 0.2) is 6.54 Å². The third-order valence-electron chi connectivity index (χ3n) is 3.28. The number of carbonyl (C=O) groups is 1. The lowest BCUT2D eigenvalue weighted by Crippen LogP contribution is -3.15. The van der Waals surface area contributed by atoms with Crippen molar-refractivity contribution >= 4 is 5.91 Å². The summed E-state index contributed by atoms with van der Waals surface area (Å²) in [7, 11) is 1.64. The normalized spacial score (nSPS) is 16.1. The van der Waals surface area contributed by atoms with Crippen molar-refractivity contribution in [1.82, 2.24) is 5.32 Å². The van der Waals surface area contributed by atoms with Gasteiger partial charge in [-0.2, -0.15) is 0 Å². The third kappa shape index (κ3) is 4.22. The first-order valence-electron chi connectivity index (χ1n) is 6.59. The Bertz CT molecular complexity index is 417. The molecule has 19 heavy (non-hydrogen) atoms. The second kappa shape index (κ2) is 7.11. The highest BCUT2D eigenvalue weighted by Gasteiger charge is 2.17. The Labute approximate surface area is 113 Å². The van der Waals surface area contributed by atoms with E-state index in [1.165, 1.54) is 4.90 Å². The van der Waals surface area contributed by atoms with Crippen LogP contribution in [0.15, 0.2) is 24.3 Å². The van der Waals surface area contributed by atoms with Gasteiger partial charge in [-0.15, -0.1) is 0 Å². The monoisotopic (exact) mass is 265 g/mol. The summed E-state index contributed by atoms with van der Waals surface area (Å²) in [6.07, 6.45) is 0. The van der Waals surface area contributed by atoms with Gasteiger partial charge in [-0.25, -0.2) is 0 Å². The van der Waals surface area contributed by atoms with E-state index in [0.29, 0.717) is 13.1 Å². The molecule has 2 N–H and O–H groups in total. The summed E-state index contributed by atoms with van der Waals surface area (Å²) in [5.74, 6) is 0.879. The van der Waals surface area contributed by atoms with Gasteiger partial charge in [-0.1, -0.05) is 18.2 Å². The van der Waals surface area contributed by atoms with Gasteiger partial charge in [0.25, 0.3) is 5.91 Å². The molecule has 0 radical (unpaired) electrons. The molecule has 2 rings (SSSR count). The molecule has 1 aliphatic rings. The highest BCUT2D eigenvalue weighted by atomic mass is 16.5. The lowest BCUT2D eigenvalue weighted by atomic mass is 10.2. The molecule has 5 heteroatoms. The van der Waals surface area contributed by atoms with Crippen molar-refractivity contribution < 1.29 is 19.2 Å². The van der Waals surface area contributed by atoms with Crippen molar-refractivity contribution in [2.24, 2.45) is 0 Å². The van der Waals surface area contributed by atoms with E-state index < -0.39 is 0 Å². The van der Waals surface area contributed by atoms with Crippen molar-refractivity contribution in [1.29, 1.82) is 0 Å². The molecule has 1 aromatic carbocycles. The zero-order valence-corrected chi connectivity index (χ0v) is 11.3. The average molecular weight is 265 g/mol. The largest absolute Gasteiger partial charge is 0.496 e. The van der Waals surface area contributed by atoms with Crippen molar-refractivity contribution in [3.8, 4) is 5.75 Å². The van der Waals surface area contributed by atoms with E-state index in [9.17, 15) is 4.79 Å². The molecule has 0 aromatic heterocycles. The predicted octanol–water partition coefficient (Wildman–Crippen LogP) is -0.773. The predicted molar refractivity (Wildman–Crippen MR) is 71.2 cm³/mol. The Morgan fingerprint density at radius 1 is 1.37 bits per heavy atom. The fraction of sp³-hybridized carbons (Fsp3) is 0.500. The molecule has 1 heterocycles. The lowest BCUT2D eigenvalue weighted by Gasteiger charge is -2.23. The maximum atomic E-state index is 11.9. The van der Waals surface area contributed by atoms with Crippen LogP contribution in [-0.4, -0.2) is 45.9 Å². The number of morpholine rings is 1. The van der Waals surface area contributed by atoms with Crippen LogP contribution in [0.1, 0.15) is 5.56 Å². The number of quaternary nitrogens is 1. The molecule has 104 valence electrons. The zero-order valence-electron chi connectivity index (χ0n) is 11.3. The Hall–Kier alpha value is -1.59. The van der Waals surface area contributed by atoms with Gasteiger partial charge < -0.3 is 19.7 Å². The number of hydrogen-bond acceptors (Lipinski definition) is 3. The lowest BCUT2D eigenvalue weighted by molar-refractivity contribution is -0.900. The first-order chi connectivity index (χ1) is 9.29. The van der Waals surface area contributed by atoms with Crippen LogP contribution in [0.25, 0.3) is 0 Å². The van der Waals surface area contributed by atoms with Gasteiger partial charge in [0, 0.05) is 12.1 Å². The summed E-state index contributed by atoms with van der Waals surface area (Å²) in [6, 6.07) is 7.72. The molecule has 0 aliphatic carbocycles. The number of hydrogen-bond donors (Lipinski definition) is 2. The molecule has 0 spiro atoms. The summed E-state index contributed by atoms with van der Waals surface area (Å²) in [6.45, 7) is 4.32. The molecule has 1 saturated heterocycles. The Morgan fingerprint density at radius 2 is 2.11 bits per heavy atom. The number of amides is 1.